The van der Waals surface area contributed by atoms with E-state index in [4.69, 9.17) is 10.0 Å². The van der Waals surface area contributed by atoms with Crippen LogP contribution >= 0.6 is 0 Å². The van der Waals surface area contributed by atoms with Crippen LogP contribution in [-0.2, 0) is 6.54 Å². The number of piperazine rings is 1. The molecule has 0 saturated carbocycles. The van der Waals surface area contributed by atoms with Gasteiger partial charge in [-0.2, -0.15) is 0 Å². The van der Waals surface area contributed by atoms with Gasteiger partial charge in [0, 0.05) is 38.4 Å². The van der Waals surface area contributed by atoms with Gasteiger partial charge in [0.1, 0.15) is 0 Å². The van der Waals surface area contributed by atoms with Crippen molar-refractivity contribution in [2.45, 2.75) is 6.54 Å². The number of nitrogens with zero attached hydrogens (tertiary/aromatic N) is 2. The monoisotopic (exact) mass is 296 g/mol. The van der Waals surface area contributed by atoms with Crippen LogP contribution in [0.1, 0.15) is 5.56 Å². The first-order valence-corrected chi connectivity index (χ1v) is 7.70. The van der Waals surface area contributed by atoms with Crippen molar-refractivity contribution >= 4 is 18.3 Å². The number of hydrogen-bond donors (Lipinski definition) is 2. The van der Waals surface area contributed by atoms with Gasteiger partial charge in [0.05, 0.1) is 0 Å². The van der Waals surface area contributed by atoms with Crippen LogP contribution in [0, 0.1) is 0 Å². The molecule has 22 heavy (non-hydrogen) atoms. The molecule has 0 aromatic heterocycles. The molecule has 4 nitrogen and oxygen atoms in total. The first-order valence-electron chi connectivity index (χ1n) is 7.70. The predicted octanol–water partition coefficient (Wildman–Crippen LogP) is 0.689. The second-order valence-corrected chi connectivity index (χ2v) is 5.71. The van der Waals surface area contributed by atoms with Crippen LogP contribution in [0.4, 0.5) is 5.69 Å². The number of anilines is 1. The Balaban J connectivity index is 1.55. The van der Waals surface area contributed by atoms with E-state index in [2.05, 4.69) is 40.1 Å². The van der Waals surface area contributed by atoms with Crippen LogP contribution in [-0.4, -0.2) is 48.2 Å². The third kappa shape index (κ3) is 3.68. The molecule has 0 spiro atoms. The van der Waals surface area contributed by atoms with Crippen LogP contribution in [0.15, 0.2) is 54.6 Å². The summed E-state index contributed by atoms with van der Waals surface area (Å²) < 4.78 is 0. The van der Waals surface area contributed by atoms with E-state index in [1.807, 2.05) is 12.1 Å². The molecule has 2 N–H and O–H groups in total. The lowest BCUT2D eigenvalue weighted by Crippen LogP contribution is -2.46. The van der Waals surface area contributed by atoms with E-state index in [1.54, 1.807) is 12.1 Å². The van der Waals surface area contributed by atoms with Gasteiger partial charge < -0.3 is 14.9 Å². The Morgan fingerprint density at radius 2 is 1.45 bits per heavy atom. The summed E-state index contributed by atoms with van der Waals surface area (Å²) in [5.41, 5.74) is 3.03. The molecule has 0 unspecified atom stereocenters. The van der Waals surface area contributed by atoms with Gasteiger partial charge in [-0.15, -0.1) is 0 Å². The maximum atomic E-state index is 9.14. The molecule has 1 saturated heterocycles. The van der Waals surface area contributed by atoms with Crippen LogP contribution < -0.4 is 10.4 Å². The summed E-state index contributed by atoms with van der Waals surface area (Å²) in [6.07, 6.45) is 0. The van der Waals surface area contributed by atoms with Crippen molar-refractivity contribution in [1.29, 1.82) is 0 Å². The average Bonchev–Trinajstić information content (AvgIpc) is 2.57. The first-order chi connectivity index (χ1) is 10.7. The number of hydrogen-bond acceptors (Lipinski definition) is 4. The minimum atomic E-state index is -1.39. The van der Waals surface area contributed by atoms with E-state index in [9.17, 15) is 0 Å². The summed E-state index contributed by atoms with van der Waals surface area (Å²) in [4.78, 5) is 4.81. The van der Waals surface area contributed by atoms with Crippen molar-refractivity contribution < 1.29 is 10.0 Å². The Bertz CT molecular complexity index is 581. The quantitative estimate of drug-likeness (QED) is 0.815. The van der Waals surface area contributed by atoms with Gasteiger partial charge in [-0.05, 0) is 23.2 Å². The van der Waals surface area contributed by atoms with E-state index < -0.39 is 7.12 Å². The Labute approximate surface area is 131 Å². The molecule has 1 heterocycles. The summed E-state index contributed by atoms with van der Waals surface area (Å²) in [7, 11) is -1.39. The highest BCUT2D eigenvalue weighted by atomic mass is 16.4. The van der Waals surface area contributed by atoms with Gasteiger partial charge in [-0.1, -0.05) is 42.5 Å². The van der Waals surface area contributed by atoms with E-state index in [1.165, 1.54) is 5.56 Å². The Morgan fingerprint density at radius 3 is 2.05 bits per heavy atom. The van der Waals surface area contributed by atoms with Crippen molar-refractivity contribution in [2.24, 2.45) is 0 Å². The molecule has 2 aromatic rings. The standard InChI is InChI=1S/C17H21BN2O2/c21-18(22)16-6-8-17(9-7-16)20-12-10-19(11-13-20)14-15-4-2-1-3-5-15/h1-9,21-22H,10-14H2. The Morgan fingerprint density at radius 1 is 0.818 bits per heavy atom. The summed E-state index contributed by atoms with van der Waals surface area (Å²) in [6, 6.07) is 18.0. The summed E-state index contributed by atoms with van der Waals surface area (Å²) in [6.45, 7) is 5.07. The normalized spacial score (nSPS) is 15.8. The van der Waals surface area contributed by atoms with Crippen LogP contribution in [0.5, 0.6) is 0 Å². The van der Waals surface area contributed by atoms with Crippen LogP contribution in [0.2, 0.25) is 0 Å². The van der Waals surface area contributed by atoms with Gasteiger partial charge in [0.2, 0.25) is 0 Å². The fourth-order valence-corrected chi connectivity index (χ4v) is 2.86. The van der Waals surface area contributed by atoms with Crippen molar-refractivity contribution in [1.82, 2.24) is 4.90 Å². The molecule has 1 aliphatic heterocycles. The van der Waals surface area contributed by atoms with Gasteiger partial charge in [-0.3, -0.25) is 4.90 Å². The smallest absolute Gasteiger partial charge is 0.423 e. The second kappa shape index (κ2) is 6.96. The van der Waals surface area contributed by atoms with Gasteiger partial charge in [-0.25, -0.2) is 0 Å². The topological polar surface area (TPSA) is 46.9 Å². The molecule has 3 rings (SSSR count). The molecule has 2 aromatic carbocycles. The largest absolute Gasteiger partial charge is 0.488 e. The SMILES string of the molecule is OB(O)c1ccc(N2CCN(Cc3ccccc3)CC2)cc1. The maximum absolute atomic E-state index is 9.14. The van der Waals surface area contributed by atoms with Crippen molar-refractivity contribution in [3.8, 4) is 0 Å². The molecule has 1 aliphatic rings. The van der Waals surface area contributed by atoms with Gasteiger partial charge >= 0.3 is 7.12 Å². The minimum Gasteiger partial charge on any atom is -0.423 e. The lowest BCUT2D eigenvalue weighted by molar-refractivity contribution is 0.250. The molecular weight excluding hydrogens is 275 g/mol. The van der Waals surface area contributed by atoms with Gasteiger partial charge in [0.15, 0.2) is 0 Å². The molecule has 0 atom stereocenters. The van der Waals surface area contributed by atoms with Gasteiger partial charge in [0.25, 0.3) is 0 Å². The van der Waals surface area contributed by atoms with Crippen LogP contribution in [0.3, 0.4) is 0 Å². The fourth-order valence-electron chi connectivity index (χ4n) is 2.86. The van der Waals surface area contributed by atoms with E-state index in [-0.39, 0.29) is 0 Å². The molecule has 0 radical (unpaired) electrons. The highest BCUT2D eigenvalue weighted by Gasteiger charge is 2.18. The predicted molar refractivity (Wildman–Crippen MR) is 90.2 cm³/mol. The summed E-state index contributed by atoms with van der Waals surface area (Å²) >= 11 is 0. The molecule has 5 heteroatoms. The summed E-state index contributed by atoms with van der Waals surface area (Å²) in [5, 5.41) is 18.3. The zero-order valence-electron chi connectivity index (χ0n) is 12.6. The minimum absolute atomic E-state index is 0.534. The Kier molecular flexibility index (Phi) is 4.78. The lowest BCUT2D eigenvalue weighted by Gasteiger charge is -2.36. The zero-order chi connectivity index (χ0) is 15.4. The molecule has 1 fully saturated rings. The maximum Gasteiger partial charge on any atom is 0.488 e. The number of benzene rings is 2. The van der Waals surface area contributed by atoms with Crippen molar-refractivity contribution in [3.05, 3.63) is 60.2 Å². The van der Waals surface area contributed by atoms with Crippen molar-refractivity contribution in [2.75, 3.05) is 31.1 Å². The highest BCUT2D eigenvalue weighted by molar-refractivity contribution is 6.58. The summed E-state index contributed by atoms with van der Waals surface area (Å²) in [5.74, 6) is 0. The van der Waals surface area contributed by atoms with E-state index >= 15 is 0 Å². The molecular formula is C17H21BN2O2. The molecule has 0 bridgehead atoms. The second-order valence-electron chi connectivity index (χ2n) is 5.71. The zero-order valence-corrected chi connectivity index (χ0v) is 12.6. The fraction of sp³-hybridized carbons (Fsp3) is 0.294. The van der Waals surface area contributed by atoms with Crippen molar-refractivity contribution in [3.63, 3.8) is 0 Å². The number of rotatable bonds is 4. The Hall–Kier alpha value is -1.82. The molecule has 0 amide bonds. The third-order valence-electron chi connectivity index (χ3n) is 4.18. The van der Waals surface area contributed by atoms with E-state index in [0.29, 0.717) is 5.46 Å². The third-order valence-corrected chi connectivity index (χ3v) is 4.18. The average molecular weight is 296 g/mol. The first kappa shape index (κ1) is 15.1. The molecule has 114 valence electrons. The van der Waals surface area contributed by atoms with Crippen LogP contribution in [0.25, 0.3) is 0 Å². The molecule has 0 aliphatic carbocycles. The lowest BCUT2D eigenvalue weighted by atomic mass is 9.80. The highest BCUT2D eigenvalue weighted by Crippen LogP contribution is 2.16. The van der Waals surface area contributed by atoms with E-state index in [0.717, 1.165) is 38.4 Å².